The lowest BCUT2D eigenvalue weighted by molar-refractivity contribution is 0.0651. The van der Waals surface area contributed by atoms with Gasteiger partial charge in [0.25, 0.3) is 5.91 Å². The van der Waals surface area contributed by atoms with Crippen LogP contribution in [0.25, 0.3) is 11.1 Å². The van der Waals surface area contributed by atoms with Gasteiger partial charge in [-0.3, -0.25) is 9.59 Å². The van der Waals surface area contributed by atoms with E-state index in [0.717, 1.165) is 54.6 Å². The van der Waals surface area contributed by atoms with E-state index in [2.05, 4.69) is 0 Å². The number of benzene rings is 2. The molecule has 0 spiro atoms. The quantitative estimate of drug-likeness (QED) is 0.806. The molecule has 1 amide bonds. The van der Waals surface area contributed by atoms with Crippen LogP contribution in [0.15, 0.2) is 48.5 Å². The lowest BCUT2D eigenvalue weighted by Crippen LogP contribution is -2.41. The second-order valence-corrected chi connectivity index (χ2v) is 6.44. The molecule has 0 radical (unpaired) electrons. The monoisotopic (exact) mass is 305 g/mol. The molecule has 3 heteroatoms. The van der Waals surface area contributed by atoms with Crippen molar-refractivity contribution in [1.82, 2.24) is 4.90 Å². The second kappa shape index (κ2) is 5.65. The molecule has 116 valence electrons. The van der Waals surface area contributed by atoms with Crippen LogP contribution in [0.2, 0.25) is 0 Å². The number of likely N-dealkylation sites (tertiary alicyclic amines) is 1. The number of rotatable bonds is 4. The van der Waals surface area contributed by atoms with Crippen molar-refractivity contribution in [3.05, 3.63) is 59.7 Å². The van der Waals surface area contributed by atoms with Crippen molar-refractivity contribution in [2.45, 2.75) is 19.3 Å². The van der Waals surface area contributed by atoms with Crippen LogP contribution in [0.3, 0.4) is 0 Å². The highest BCUT2D eigenvalue weighted by molar-refractivity contribution is 6.00. The normalized spacial score (nSPS) is 16.8. The topological polar surface area (TPSA) is 37.4 Å². The molecular weight excluding hydrogens is 286 g/mol. The average Bonchev–Trinajstić information content (AvgIpc) is 3.38. The second-order valence-electron chi connectivity index (χ2n) is 6.44. The first-order valence-corrected chi connectivity index (χ1v) is 8.26. The fourth-order valence-electron chi connectivity index (χ4n) is 2.94. The summed E-state index contributed by atoms with van der Waals surface area (Å²) in [7, 11) is 0. The standard InChI is InChI=1S/C20H19NO2/c22-19(16-9-10-16)15-7-5-14(6-8-15)17-3-1-4-18(13-17)20(23)21-11-2-12-21/h1,3-8,13,16H,2,9-12H2. The highest BCUT2D eigenvalue weighted by Crippen LogP contribution is 2.33. The third kappa shape index (κ3) is 2.79. The lowest BCUT2D eigenvalue weighted by Gasteiger charge is -2.31. The maximum absolute atomic E-state index is 12.3. The van der Waals surface area contributed by atoms with E-state index in [-0.39, 0.29) is 17.6 Å². The van der Waals surface area contributed by atoms with Gasteiger partial charge in [0.15, 0.2) is 5.78 Å². The Balaban J connectivity index is 1.57. The van der Waals surface area contributed by atoms with Crippen molar-refractivity contribution in [2.24, 2.45) is 5.92 Å². The van der Waals surface area contributed by atoms with Crippen LogP contribution < -0.4 is 0 Å². The molecule has 0 unspecified atom stereocenters. The van der Waals surface area contributed by atoms with Crippen molar-refractivity contribution >= 4 is 11.7 Å². The summed E-state index contributed by atoms with van der Waals surface area (Å²) < 4.78 is 0. The zero-order valence-corrected chi connectivity index (χ0v) is 13.0. The van der Waals surface area contributed by atoms with E-state index in [9.17, 15) is 9.59 Å². The summed E-state index contributed by atoms with van der Waals surface area (Å²) in [6, 6.07) is 15.5. The Morgan fingerprint density at radius 3 is 2.22 bits per heavy atom. The molecule has 2 aromatic rings. The molecule has 1 saturated heterocycles. The van der Waals surface area contributed by atoms with Crippen LogP contribution in [-0.2, 0) is 0 Å². The third-order valence-electron chi connectivity index (χ3n) is 4.70. The fourth-order valence-corrected chi connectivity index (χ4v) is 2.94. The number of Topliss-reactive ketones (excluding diaryl/α,β-unsaturated/α-hetero) is 1. The van der Waals surface area contributed by atoms with E-state index in [1.165, 1.54) is 0 Å². The molecule has 0 atom stereocenters. The number of carbonyl (C=O) groups excluding carboxylic acids is 2. The van der Waals surface area contributed by atoms with Crippen molar-refractivity contribution in [3.8, 4) is 11.1 Å². The summed E-state index contributed by atoms with van der Waals surface area (Å²) in [5.41, 5.74) is 3.58. The molecule has 0 bridgehead atoms. The van der Waals surface area contributed by atoms with Crippen LogP contribution in [0.4, 0.5) is 0 Å². The minimum absolute atomic E-state index is 0.110. The van der Waals surface area contributed by atoms with Gasteiger partial charge in [-0.2, -0.15) is 0 Å². The van der Waals surface area contributed by atoms with Crippen LogP contribution >= 0.6 is 0 Å². The van der Waals surface area contributed by atoms with Gasteiger partial charge in [0, 0.05) is 30.1 Å². The molecule has 1 saturated carbocycles. The smallest absolute Gasteiger partial charge is 0.253 e. The van der Waals surface area contributed by atoms with E-state index in [0.29, 0.717) is 0 Å². The average molecular weight is 305 g/mol. The molecule has 4 rings (SSSR count). The highest BCUT2D eigenvalue weighted by Gasteiger charge is 2.30. The largest absolute Gasteiger partial charge is 0.339 e. The van der Waals surface area contributed by atoms with Gasteiger partial charge in [0.05, 0.1) is 0 Å². The summed E-state index contributed by atoms with van der Waals surface area (Å²) in [5, 5.41) is 0. The van der Waals surface area contributed by atoms with Crippen molar-refractivity contribution in [2.75, 3.05) is 13.1 Å². The molecule has 0 aromatic heterocycles. The Kier molecular flexibility index (Phi) is 3.49. The first-order valence-electron chi connectivity index (χ1n) is 8.26. The summed E-state index contributed by atoms with van der Waals surface area (Å²) in [4.78, 5) is 26.3. The Hall–Kier alpha value is -2.42. The Morgan fingerprint density at radius 2 is 1.61 bits per heavy atom. The molecular formula is C20H19NO2. The molecule has 1 aliphatic heterocycles. The molecule has 2 aromatic carbocycles. The first kappa shape index (κ1) is 14.2. The molecule has 1 heterocycles. The van der Waals surface area contributed by atoms with Crippen molar-refractivity contribution in [1.29, 1.82) is 0 Å². The van der Waals surface area contributed by atoms with Crippen LogP contribution in [0.5, 0.6) is 0 Å². The number of carbonyl (C=O) groups is 2. The van der Waals surface area contributed by atoms with Gasteiger partial charge >= 0.3 is 0 Å². The zero-order valence-electron chi connectivity index (χ0n) is 13.0. The summed E-state index contributed by atoms with van der Waals surface area (Å²) in [5.74, 6) is 0.621. The Morgan fingerprint density at radius 1 is 0.870 bits per heavy atom. The maximum atomic E-state index is 12.3. The van der Waals surface area contributed by atoms with E-state index in [1.807, 2.05) is 53.4 Å². The predicted molar refractivity (Wildman–Crippen MR) is 89.5 cm³/mol. The lowest BCUT2D eigenvalue weighted by atomic mass is 9.99. The van der Waals surface area contributed by atoms with Crippen LogP contribution in [0, 0.1) is 5.92 Å². The van der Waals surface area contributed by atoms with E-state index >= 15 is 0 Å². The first-order chi connectivity index (χ1) is 11.2. The Bertz CT molecular complexity index is 755. The molecule has 1 aliphatic carbocycles. The number of hydrogen-bond acceptors (Lipinski definition) is 2. The summed E-state index contributed by atoms with van der Waals surface area (Å²) in [6.07, 6.45) is 3.16. The van der Waals surface area contributed by atoms with E-state index in [1.54, 1.807) is 0 Å². The van der Waals surface area contributed by atoms with Gasteiger partial charge in [-0.25, -0.2) is 0 Å². The highest BCUT2D eigenvalue weighted by atomic mass is 16.2. The van der Waals surface area contributed by atoms with Gasteiger partial charge in [-0.1, -0.05) is 36.4 Å². The molecule has 23 heavy (non-hydrogen) atoms. The summed E-state index contributed by atoms with van der Waals surface area (Å²) in [6.45, 7) is 1.72. The molecule has 0 N–H and O–H groups in total. The van der Waals surface area contributed by atoms with Gasteiger partial charge in [0.1, 0.15) is 0 Å². The molecule has 2 aliphatic rings. The molecule has 3 nitrogen and oxygen atoms in total. The molecule has 2 fully saturated rings. The number of hydrogen-bond donors (Lipinski definition) is 0. The number of nitrogens with zero attached hydrogens (tertiary/aromatic N) is 1. The van der Waals surface area contributed by atoms with Gasteiger partial charge in [0.2, 0.25) is 0 Å². The van der Waals surface area contributed by atoms with Crippen LogP contribution in [-0.4, -0.2) is 29.7 Å². The third-order valence-corrected chi connectivity index (χ3v) is 4.70. The van der Waals surface area contributed by atoms with Crippen LogP contribution in [0.1, 0.15) is 40.0 Å². The van der Waals surface area contributed by atoms with E-state index in [4.69, 9.17) is 0 Å². The van der Waals surface area contributed by atoms with Gasteiger partial charge < -0.3 is 4.90 Å². The Labute approximate surface area is 135 Å². The number of ketones is 1. The minimum atomic E-state index is 0.110. The minimum Gasteiger partial charge on any atom is -0.339 e. The predicted octanol–water partition coefficient (Wildman–Crippen LogP) is 3.79. The zero-order chi connectivity index (χ0) is 15.8. The van der Waals surface area contributed by atoms with Gasteiger partial charge in [-0.05, 0) is 42.5 Å². The van der Waals surface area contributed by atoms with Gasteiger partial charge in [-0.15, -0.1) is 0 Å². The van der Waals surface area contributed by atoms with E-state index < -0.39 is 0 Å². The number of amides is 1. The summed E-state index contributed by atoms with van der Waals surface area (Å²) >= 11 is 0. The van der Waals surface area contributed by atoms with Crippen molar-refractivity contribution in [3.63, 3.8) is 0 Å². The fraction of sp³-hybridized carbons (Fsp3) is 0.300. The van der Waals surface area contributed by atoms with Crippen molar-refractivity contribution < 1.29 is 9.59 Å². The SMILES string of the molecule is O=C(c1ccc(-c2cccc(C(=O)N3CCC3)c2)cc1)C1CC1. The maximum Gasteiger partial charge on any atom is 0.253 e.